The van der Waals surface area contributed by atoms with Gasteiger partial charge in [0, 0.05) is 24.7 Å². The van der Waals surface area contributed by atoms with E-state index < -0.39 is 12.0 Å². The summed E-state index contributed by atoms with van der Waals surface area (Å²) in [6, 6.07) is 7.95. The molecule has 1 aromatic rings. The molecule has 2 rings (SSSR count). The Bertz CT molecular complexity index is 448. The van der Waals surface area contributed by atoms with E-state index >= 15 is 0 Å². The number of nitrogens with one attached hydrogen (secondary N) is 1. The summed E-state index contributed by atoms with van der Waals surface area (Å²) in [7, 11) is 0. The highest BCUT2D eigenvalue weighted by Gasteiger charge is 2.33. The quantitative estimate of drug-likeness (QED) is 0.851. The second-order valence-electron chi connectivity index (χ2n) is 5.21. The van der Waals surface area contributed by atoms with Gasteiger partial charge in [-0.3, -0.25) is 4.79 Å². The zero-order valence-corrected chi connectivity index (χ0v) is 11.6. The lowest BCUT2D eigenvalue weighted by Gasteiger charge is -2.22. The number of rotatable bonds is 5. The van der Waals surface area contributed by atoms with Crippen LogP contribution >= 0.6 is 0 Å². The third-order valence-corrected chi connectivity index (χ3v) is 3.75. The zero-order valence-electron chi connectivity index (χ0n) is 11.6. The number of likely N-dealkylation sites (N-methyl/N-ethyl adjacent to an activating group) is 1. The highest BCUT2D eigenvalue weighted by molar-refractivity contribution is 5.74. The van der Waals surface area contributed by atoms with E-state index in [9.17, 15) is 9.90 Å². The van der Waals surface area contributed by atoms with Gasteiger partial charge in [0.15, 0.2) is 0 Å². The van der Waals surface area contributed by atoms with Crippen LogP contribution in [-0.2, 0) is 4.79 Å². The molecule has 0 aliphatic carbocycles. The third kappa shape index (κ3) is 3.26. The van der Waals surface area contributed by atoms with Crippen molar-refractivity contribution in [3.05, 3.63) is 29.8 Å². The van der Waals surface area contributed by atoms with Crippen LogP contribution in [-0.4, -0.2) is 36.8 Å². The van der Waals surface area contributed by atoms with Crippen molar-refractivity contribution in [2.45, 2.75) is 26.3 Å². The van der Waals surface area contributed by atoms with Crippen molar-refractivity contribution in [3.8, 4) is 0 Å². The lowest BCUT2D eigenvalue weighted by Crippen LogP contribution is -2.43. The maximum atomic E-state index is 11.3. The molecule has 104 valence electrons. The van der Waals surface area contributed by atoms with Crippen molar-refractivity contribution in [1.29, 1.82) is 0 Å². The summed E-state index contributed by atoms with van der Waals surface area (Å²) in [5.41, 5.74) is 2.44. The van der Waals surface area contributed by atoms with Gasteiger partial charge in [-0.2, -0.15) is 0 Å². The maximum Gasteiger partial charge on any atom is 0.321 e. The largest absolute Gasteiger partial charge is 0.480 e. The number of anilines is 1. The molecule has 2 N–H and O–H groups in total. The fraction of sp³-hybridized carbons (Fsp3) is 0.533. The molecule has 0 bridgehead atoms. The summed E-state index contributed by atoms with van der Waals surface area (Å²) in [6.07, 6.45) is 0.928. The summed E-state index contributed by atoms with van der Waals surface area (Å²) in [6.45, 7) is 6.47. The van der Waals surface area contributed by atoms with Gasteiger partial charge in [-0.25, -0.2) is 0 Å². The first-order chi connectivity index (χ1) is 9.11. The molecule has 4 nitrogen and oxygen atoms in total. The van der Waals surface area contributed by atoms with Gasteiger partial charge in [-0.1, -0.05) is 19.1 Å². The number of hydrogen-bond donors (Lipinski definition) is 2. The Balaban J connectivity index is 2.04. The minimum atomic E-state index is -0.738. The van der Waals surface area contributed by atoms with Crippen LogP contribution < -0.4 is 10.2 Å². The van der Waals surface area contributed by atoms with Crippen LogP contribution in [0.5, 0.6) is 0 Å². The topological polar surface area (TPSA) is 52.6 Å². The van der Waals surface area contributed by atoms with Crippen LogP contribution in [0.4, 0.5) is 5.69 Å². The Labute approximate surface area is 114 Å². The van der Waals surface area contributed by atoms with Gasteiger partial charge in [0.05, 0.1) is 0 Å². The minimum absolute atomic E-state index is 0.179. The predicted molar refractivity (Wildman–Crippen MR) is 76.6 cm³/mol. The molecule has 1 heterocycles. The van der Waals surface area contributed by atoms with E-state index in [-0.39, 0.29) is 5.92 Å². The number of benzene rings is 1. The summed E-state index contributed by atoms with van der Waals surface area (Å²) in [4.78, 5) is 13.6. The second kappa shape index (κ2) is 6.06. The fourth-order valence-electron chi connectivity index (χ4n) is 2.79. The van der Waals surface area contributed by atoms with Crippen molar-refractivity contribution in [2.24, 2.45) is 5.92 Å². The van der Waals surface area contributed by atoms with Gasteiger partial charge in [0.25, 0.3) is 0 Å². The third-order valence-electron chi connectivity index (χ3n) is 3.75. The molecule has 19 heavy (non-hydrogen) atoms. The average Bonchev–Trinajstić information content (AvgIpc) is 2.84. The number of carboxylic acids is 1. The van der Waals surface area contributed by atoms with Crippen LogP contribution in [0.3, 0.4) is 0 Å². The lowest BCUT2D eigenvalue weighted by molar-refractivity contribution is -0.140. The SMILES string of the molecule is CCNC(C(=O)O)C1CCN(c2cccc(C)c2)C1. The first-order valence-corrected chi connectivity index (χ1v) is 6.89. The molecule has 0 amide bonds. The van der Waals surface area contributed by atoms with Gasteiger partial charge >= 0.3 is 5.97 Å². The Hall–Kier alpha value is -1.55. The first kappa shape index (κ1) is 13.9. The number of aryl methyl sites for hydroxylation is 1. The molecule has 1 saturated heterocycles. The molecule has 0 spiro atoms. The molecular formula is C15H22N2O2. The molecular weight excluding hydrogens is 240 g/mol. The van der Waals surface area contributed by atoms with Crippen LogP contribution in [0.1, 0.15) is 18.9 Å². The molecule has 1 aliphatic heterocycles. The van der Waals surface area contributed by atoms with Gasteiger partial charge < -0.3 is 15.3 Å². The maximum absolute atomic E-state index is 11.3. The van der Waals surface area contributed by atoms with Crippen molar-refractivity contribution in [3.63, 3.8) is 0 Å². The molecule has 4 heteroatoms. The van der Waals surface area contributed by atoms with Gasteiger partial charge in [0.2, 0.25) is 0 Å². The molecule has 0 saturated carbocycles. The summed E-state index contributed by atoms with van der Waals surface area (Å²) in [5, 5.41) is 12.4. The Kier molecular flexibility index (Phi) is 4.43. The molecule has 1 fully saturated rings. The number of nitrogens with zero attached hydrogens (tertiary/aromatic N) is 1. The van der Waals surface area contributed by atoms with Crippen molar-refractivity contribution < 1.29 is 9.90 Å². The van der Waals surface area contributed by atoms with E-state index in [0.717, 1.165) is 19.5 Å². The standard InChI is InChI=1S/C15H22N2O2/c1-3-16-14(15(18)19)12-7-8-17(10-12)13-6-4-5-11(2)9-13/h4-6,9,12,14,16H,3,7-8,10H2,1-2H3,(H,18,19). The van der Waals surface area contributed by atoms with E-state index in [1.807, 2.05) is 6.92 Å². The number of aliphatic carboxylic acids is 1. The smallest absolute Gasteiger partial charge is 0.321 e. The molecule has 1 aliphatic rings. The highest BCUT2D eigenvalue weighted by Crippen LogP contribution is 2.26. The minimum Gasteiger partial charge on any atom is -0.480 e. The summed E-state index contributed by atoms with van der Waals surface area (Å²) < 4.78 is 0. The summed E-state index contributed by atoms with van der Waals surface area (Å²) in [5.74, 6) is -0.559. The van der Waals surface area contributed by atoms with Gasteiger partial charge in [0.1, 0.15) is 6.04 Å². The Morgan fingerprint density at radius 1 is 1.58 bits per heavy atom. The van der Waals surface area contributed by atoms with Crippen molar-refractivity contribution in [1.82, 2.24) is 5.32 Å². The second-order valence-corrected chi connectivity index (χ2v) is 5.21. The van der Waals surface area contributed by atoms with E-state index in [0.29, 0.717) is 6.54 Å². The predicted octanol–water partition coefficient (Wildman–Crippen LogP) is 1.88. The Morgan fingerprint density at radius 2 is 2.37 bits per heavy atom. The first-order valence-electron chi connectivity index (χ1n) is 6.89. The van der Waals surface area contributed by atoms with E-state index in [4.69, 9.17) is 0 Å². The average molecular weight is 262 g/mol. The molecule has 2 unspecified atom stereocenters. The molecule has 0 aromatic heterocycles. The van der Waals surface area contributed by atoms with Crippen LogP contribution in [0, 0.1) is 12.8 Å². The fourth-order valence-corrected chi connectivity index (χ4v) is 2.79. The van der Waals surface area contributed by atoms with E-state index in [1.165, 1.54) is 11.3 Å². The van der Waals surface area contributed by atoms with Gasteiger partial charge in [-0.05, 0) is 37.6 Å². The van der Waals surface area contributed by atoms with Crippen molar-refractivity contribution in [2.75, 3.05) is 24.5 Å². The lowest BCUT2D eigenvalue weighted by atomic mass is 9.99. The Morgan fingerprint density at radius 3 is 3.00 bits per heavy atom. The number of carboxylic acid groups (broad SMARTS) is 1. The normalized spacial score (nSPS) is 20.5. The highest BCUT2D eigenvalue weighted by atomic mass is 16.4. The van der Waals surface area contributed by atoms with E-state index in [2.05, 4.69) is 41.4 Å². The zero-order chi connectivity index (χ0) is 13.8. The molecule has 1 aromatic carbocycles. The van der Waals surface area contributed by atoms with Crippen LogP contribution in [0.15, 0.2) is 24.3 Å². The van der Waals surface area contributed by atoms with E-state index in [1.54, 1.807) is 0 Å². The van der Waals surface area contributed by atoms with Gasteiger partial charge in [-0.15, -0.1) is 0 Å². The monoisotopic (exact) mass is 262 g/mol. The number of carbonyl (C=O) groups is 1. The molecule has 0 radical (unpaired) electrons. The summed E-state index contributed by atoms with van der Waals surface area (Å²) >= 11 is 0. The van der Waals surface area contributed by atoms with Crippen LogP contribution in [0.25, 0.3) is 0 Å². The van der Waals surface area contributed by atoms with Crippen molar-refractivity contribution >= 4 is 11.7 Å². The number of hydrogen-bond acceptors (Lipinski definition) is 3. The van der Waals surface area contributed by atoms with Crippen LogP contribution in [0.2, 0.25) is 0 Å². The molecule has 2 atom stereocenters.